The van der Waals surface area contributed by atoms with E-state index in [1.54, 1.807) is 0 Å². The van der Waals surface area contributed by atoms with Crippen molar-refractivity contribution < 1.29 is 9.47 Å². The molecule has 0 radical (unpaired) electrons. The fraction of sp³-hybridized carbons (Fsp3) is 0.600. The number of rotatable bonds is 8. The van der Waals surface area contributed by atoms with E-state index < -0.39 is 0 Å². The molecule has 3 nitrogen and oxygen atoms in total. The number of benzene rings is 1. The topological polar surface area (TPSA) is 30.5 Å². The van der Waals surface area contributed by atoms with Crippen molar-refractivity contribution in [3.05, 3.63) is 24.3 Å². The van der Waals surface area contributed by atoms with Crippen LogP contribution in [0.3, 0.4) is 0 Å². The first-order chi connectivity index (χ1) is 8.67. The number of para-hydroxylation sites is 2. The average Bonchev–Trinajstić information content (AvgIpc) is 2.37. The first kappa shape index (κ1) is 14.8. The van der Waals surface area contributed by atoms with Crippen LogP contribution < -0.4 is 14.8 Å². The lowest BCUT2D eigenvalue weighted by Gasteiger charge is -2.20. The molecular weight excluding hydrogens is 226 g/mol. The third kappa shape index (κ3) is 4.96. The molecule has 1 aromatic carbocycles. The van der Waals surface area contributed by atoms with Crippen molar-refractivity contribution in [2.24, 2.45) is 0 Å². The summed E-state index contributed by atoms with van der Waals surface area (Å²) < 4.78 is 11.6. The average molecular weight is 251 g/mol. The molecule has 0 bridgehead atoms. The number of nitrogens with one attached hydrogen (secondary N) is 1. The molecule has 2 atom stereocenters. The van der Waals surface area contributed by atoms with Crippen LogP contribution in [0.4, 0.5) is 0 Å². The van der Waals surface area contributed by atoms with Crippen LogP contribution >= 0.6 is 0 Å². The van der Waals surface area contributed by atoms with Crippen molar-refractivity contribution in [1.29, 1.82) is 0 Å². The van der Waals surface area contributed by atoms with E-state index in [2.05, 4.69) is 26.1 Å². The van der Waals surface area contributed by atoms with E-state index in [1.807, 2.05) is 31.3 Å². The van der Waals surface area contributed by atoms with Gasteiger partial charge in [0.2, 0.25) is 0 Å². The van der Waals surface area contributed by atoms with E-state index in [0.717, 1.165) is 30.9 Å². The van der Waals surface area contributed by atoms with Gasteiger partial charge in [-0.3, -0.25) is 0 Å². The van der Waals surface area contributed by atoms with E-state index in [4.69, 9.17) is 9.47 Å². The highest BCUT2D eigenvalue weighted by atomic mass is 16.5. The lowest BCUT2D eigenvalue weighted by Crippen LogP contribution is -2.28. The summed E-state index contributed by atoms with van der Waals surface area (Å²) in [7, 11) is 1.97. The normalized spacial score (nSPS) is 14.0. The molecule has 0 fully saturated rings. The Morgan fingerprint density at radius 2 is 1.83 bits per heavy atom. The molecule has 0 aliphatic carbocycles. The van der Waals surface area contributed by atoms with Crippen LogP contribution in [0.15, 0.2) is 24.3 Å². The second-order valence-electron chi connectivity index (χ2n) is 4.65. The Balaban J connectivity index is 2.59. The molecule has 1 aromatic rings. The van der Waals surface area contributed by atoms with Crippen LogP contribution in [-0.2, 0) is 0 Å². The van der Waals surface area contributed by atoms with Crippen molar-refractivity contribution in [3.63, 3.8) is 0 Å². The third-order valence-corrected chi connectivity index (χ3v) is 2.82. The molecule has 0 spiro atoms. The van der Waals surface area contributed by atoms with Gasteiger partial charge < -0.3 is 14.8 Å². The SMILES string of the molecule is CCCOc1ccccc1OC(C)CC(C)NC. The van der Waals surface area contributed by atoms with Crippen LogP contribution in [0.2, 0.25) is 0 Å². The maximum absolute atomic E-state index is 5.95. The Labute approximate surface area is 110 Å². The molecule has 102 valence electrons. The standard InChI is InChI=1S/C15H25NO2/c1-5-10-17-14-8-6-7-9-15(14)18-13(3)11-12(2)16-4/h6-9,12-13,16H,5,10-11H2,1-4H3. The van der Waals surface area contributed by atoms with Crippen molar-refractivity contribution in [2.75, 3.05) is 13.7 Å². The second kappa shape index (κ2) is 7.98. The fourth-order valence-electron chi connectivity index (χ4n) is 1.76. The van der Waals surface area contributed by atoms with Gasteiger partial charge in [-0.25, -0.2) is 0 Å². The van der Waals surface area contributed by atoms with E-state index in [9.17, 15) is 0 Å². The van der Waals surface area contributed by atoms with Gasteiger partial charge in [0.25, 0.3) is 0 Å². The zero-order valence-corrected chi connectivity index (χ0v) is 11.9. The van der Waals surface area contributed by atoms with Gasteiger partial charge in [-0.05, 0) is 45.9 Å². The van der Waals surface area contributed by atoms with Crippen LogP contribution in [0.5, 0.6) is 11.5 Å². The van der Waals surface area contributed by atoms with Gasteiger partial charge in [0.05, 0.1) is 12.7 Å². The molecule has 3 heteroatoms. The Morgan fingerprint density at radius 3 is 2.44 bits per heavy atom. The summed E-state index contributed by atoms with van der Waals surface area (Å²) in [6, 6.07) is 8.31. The van der Waals surface area contributed by atoms with Gasteiger partial charge in [0.1, 0.15) is 0 Å². The van der Waals surface area contributed by atoms with Crippen molar-refractivity contribution in [1.82, 2.24) is 5.32 Å². The molecular formula is C15H25NO2. The molecule has 1 N–H and O–H groups in total. The van der Waals surface area contributed by atoms with E-state index in [0.29, 0.717) is 6.04 Å². The molecule has 1 rings (SSSR count). The molecule has 0 aliphatic rings. The molecule has 0 heterocycles. The van der Waals surface area contributed by atoms with Crippen molar-refractivity contribution in [3.8, 4) is 11.5 Å². The van der Waals surface area contributed by atoms with Crippen LogP contribution in [0, 0.1) is 0 Å². The van der Waals surface area contributed by atoms with Crippen LogP contribution in [0.25, 0.3) is 0 Å². The maximum atomic E-state index is 5.95. The number of hydrogen-bond donors (Lipinski definition) is 1. The minimum atomic E-state index is 0.166. The minimum absolute atomic E-state index is 0.166. The number of hydrogen-bond acceptors (Lipinski definition) is 3. The predicted molar refractivity (Wildman–Crippen MR) is 75.5 cm³/mol. The lowest BCUT2D eigenvalue weighted by atomic mass is 10.1. The fourth-order valence-corrected chi connectivity index (χ4v) is 1.76. The quantitative estimate of drug-likeness (QED) is 0.769. The summed E-state index contributed by atoms with van der Waals surface area (Å²) in [6.07, 6.45) is 2.14. The van der Waals surface area contributed by atoms with E-state index in [1.165, 1.54) is 0 Å². The highest BCUT2D eigenvalue weighted by molar-refractivity contribution is 5.39. The van der Waals surface area contributed by atoms with Crippen LogP contribution in [-0.4, -0.2) is 25.8 Å². The Bertz CT molecular complexity index is 341. The van der Waals surface area contributed by atoms with Gasteiger partial charge in [-0.15, -0.1) is 0 Å². The Morgan fingerprint density at radius 1 is 1.17 bits per heavy atom. The van der Waals surface area contributed by atoms with Crippen molar-refractivity contribution in [2.45, 2.75) is 45.8 Å². The largest absolute Gasteiger partial charge is 0.490 e. The highest BCUT2D eigenvalue weighted by Gasteiger charge is 2.11. The summed E-state index contributed by atoms with van der Waals surface area (Å²) in [4.78, 5) is 0. The highest BCUT2D eigenvalue weighted by Crippen LogP contribution is 2.28. The molecule has 18 heavy (non-hydrogen) atoms. The lowest BCUT2D eigenvalue weighted by molar-refractivity contribution is 0.185. The first-order valence-corrected chi connectivity index (χ1v) is 6.73. The number of ether oxygens (including phenoxy) is 2. The second-order valence-corrected chi connectivity index (χ2v) is 4.65. The molecule has 0 aromatic heterocycles. The Hall–Kier alpha value is -1.22. The summed E-state index contributed by atoms with van der Waals surface area (Å²) in [5, 5.41) is 3.22. The maximum Gasteiger partial charge on any atom is 0.161 e. The van der Waals surface area contributed by atoms with Gasteiger partial charge in [0, 0.05) is 6.04 Å². The monoisotopic (exact) mass is 251 g/mol. The van der Waals surface area contributed by atoms with Gasteiger partial charge in [0.15, 0.2) is 11.5 Å². The van der Waals surface area contributed by atoms with Gasteiger partial charge in [-0.1, -0.05) is 19.1 Å². The van der Waals surface area contributed by atoms with E-state index in [-0.39, 0.29) is 6.10 Å². The molecule has 0 aliphatic heterocycles. The first-order valence-electron chi connectivity index (χ1n) is 6.73. The third-order valence-electron chi connectivity index (χ3n) is 2.82. The summed E-state index contributed by atoms with van der Waals surface area (Å²) in [6.45, 7) is 7.06. The van der Waals surface area contributed by atoms with E-state index >= 15 is 0 Å². The smallest absolute Gasteiger partial charge is 0.161 e. The molecule has 0 amide bonds. The molecule has 0 saturated carbocycles. The predicted octanol–water partition coefficient (Wildman–Crippen LogP) is 3.24. The molecule has 0 saturated heterocycles. The zero-order valence-electron chi connectivity index (χ0n) is 11.9. The van der Waals surface area contributed by atoms with Gasteiger partial charge >= 0.3 is 0 Å². The summed E-state index contributed by atoms with van der Waals surface area (Å²) in [5.74, 6) is 1.67. The zero-order chi connectivity index (χ0) is 13.4. The molecule has 2 unspecified atom stereocenters. The Kier molecular flexibility index (Phi) is 6.58. The summed E-state index contributed by atoms with van der Waals surface area (Å²) in [5.41, 5.74) is 0. The van der Waals surface area contributed by atoms with Gasteiger partial charge in [-0.2, -0.15) is 0 Å². The van der Waals surface area contributed by atoms with Crippen molar-refractivity contribution >= 4 is 0 Å². The minimum Gasteiger partial charge on any atom is -0.490 e. The summed E-state index contributed by atoms with van der Waals surface area (Å²) >= 11 is 0. The van der Waals surface area contributed by atoms with Crippen LogP contribution in [0.1, 0.15) is 33.6 Å².